The van der Waals surface area contributed by atoms with E-state index in [0.29, 0.717) is 4.75 Å². The van der Waals surface area contributed by atoms with Crippen LogP contribution in [-0.2, 0) is 13.5 Å². The predicted octanol–water partition coefficient (Wildman–Crippen LogP) is 1.84. The molecule has 0 radical (unpaired) electrons. The Morgan fingerprint density at radius 3 is 3.12 bits per heavy atom. The van der Waals surface area contributed by atoms with Crippen LogP contribution in [0.4, 0.5) is 0 Å². The van der Waals surface area contributed by atoms with Gasteiger partial charge in [0.1, 0.15) is 0 Å². The average molecular weight is 239 g/mol. The molecule has 1 N–H and O–H groups in total. The van der Waals surface area contributed by atoms with Crippen LogP contribution in [0.25, 0.3) is 0 Å². The lowest BCUT2D eigenvalue weighted by Crippen LogP contribution is -2.33. The number of nitrogens with zero attached hydrogens (tertiary/aromatic N) is 2. The lowest BCUT2D eigenvalue weighted by molar-refractivity contribution is 0.539. The van der Waals surface area contributed by atoms with Crippen LogP contribution < -0.4 is 5.32 Å². The monoisotopic (exact) mass is 239 g/mol. The van der Waals surface area contributed by atoms with Crippen LogP contribution >= 0.6 is 11.8 Å². The van der Waals surface area contributed by atoms with E-state index in [1.807, 2.05) is 17.9 Å². The number of thioether (sulfide) groups is 1. The molecular formula is C12H21N3S. The van der Waals surface area contributed by atoms with Crippen LogP contribution in [0.1, 0.15) is 25.3 Å². The van der Waals surface area contributed by atoms with Crippen LogP contribution in [0.5, 0.6) is 0 Å². The molecule has 1 saturated heterocycles. The first-order chi connectivity index (χ1) is 7.68. The highest BCUT2D eigenvalue weighted by molar-refractivity contribution is 8.00. The molecule has 0 aliphatic carbocycles. The molecule has 2 rings (SSSR count). The van der Waals surface area contributed by atoms with Gasteiger partial charge in [0.15, 0.2) is 0 Å². The number of aryl methyl sites for hydroxylation is 1. The molecule has 1 unspecified atom stereocenters. The Labute approximate surface area is 102 Å². The van der Waals surface area contributed by atoms with Gasteiger partial charge in [0.05, 0.1) is 6.20 Å². The van der Waals surface area contributed by atoms with Crippen molar-refractivity contribution in [2.45, 2.75) is 30.9 Å². The minimum absolute atomic E-state index is 0.481. The molecule has 1 aliphatic heterocycles. The van der Waals surface area contributed by atoms with Crippen molar-refractivity contribution in [1.82, 2.24) is 15.1 Å². The van der Waals surface area contributed by atoms with Gasteiger partial charge in [-0.15, -0.1) is 0 Å². The Morgan fingerprint density at radius 1 is 1.62 bits per heavy atom. The van der Waals surface area contributed by atoms with E-state index < -0.39 is 0 Å². The maximum absolute atomic E-state index is 4.17. The first-order valence-corrected chi connectivity index (χ1v) is 6.99. The van der Waals surface area contributed by atoms with Gasteiger partial charge in [-0.1, -0.05) is 0 Å². The van der Waals surface area contributed by atoms with Crippen molar-refractivity contribution in [3.8, 4) is 0 Å². The minimum atomic E-state index is 0.481. The molecule has 1 fully saturated rings. The maximum atomic E-state index is 4.17. The van der Waals surface area contributed by atoms with E-state index in [2.05, 4.69) is 35.3 Å². The molecule has 0 bridgehead atoms. The standard InChI is InChI=1S/C12H21N3S/c1-12(5-3-7-16-12)10-13-6-4-11-8-14-15(2)9-11/h8-9,13H,3-7,10H2,1-2H3. The second-order valence-corrected chi connectivity index (χ2v) is 6.53. The summed E-state index contributed by atoms with van der Waals surface area (Å²) in [7, 11) is 1.97. The first kappa shape index (κ1) is 12.0. The Hall–Kier alpha value is -0.480. The lowest BCUT2D eigenvalue weighted by Gasteiger charge is -2.22. The van der Waals surface area contributed by atoms with Gasteiger partial charge >= 0.3 is 0 Å². The molecule has 3 nitrogen and oxygen atoms in total. The van der Waals surface area contributed by atoms with Gasteiger partial charge in [-0.3, -0.25) is 4.68 Å². The second kappa shape index (κ2) is 5.23. The molecule has 90 valence electrons. The maximum Gasteiger partial charge on any atom is 0.0522 e. The lowest BCUT2D eigenvalue weighted by atomic mass is 10.1. The van der Waals surface area contributed by atoms with Gasteiger partial charge in [0.25, 0.3) is 0 Å². The summed E-state index contributed by atoms with van der Waals surface area (Å²) in [6.45, 7) is 4.57. The van der Waals surface area contributed by atoms with Crippen LogP contribution in [0, 0.1) is 0 Å². The van der Waals surface area contributed by atoms with E-state index in [0.717, 1.165) is 19.5 Å². The van der Waals surface area contributed by atoms with Crippen LogP contribution in [0.15, 0.2) is 12.4 Å². The van der Waals surface area contributed by atoms with E-state index in [4.69, 9.17) is 0 Å². The highest BCUT2D eigenvalue weighted by Crippen LogP contribution is 2.36. The number of hydrogen-bond acceptors (Lipinski definition) is 3. The summed E-state index contributed by atoms with van der Waals surface area (Å²) in [5, 5.41) is 7.74. The number of rotatable bonds is 5. The average Bonchev–Trinajstić information content (AvgIpc) is 2.84. The van der Waals surface area contributed by atoms with Gasteiger partial charge in [-0.25, -0.2) is 0 Å². The smallest absolute Gasteiger partial charge is 0.0522 e. The van der Waals surface area contributed by atoms with Gasteiger partial charge < -0.3 is 5.32 Å². The molecule has 1 aliphatic rings. The topological polar surface area (TPSA) is 29.9 Å². The fourth-order valence-electron chi connectivity index (χ4n) is 2.16. The molecule has 1 aromatic heterocycles. The zero-order chi connectivity index (χ0) is 11.4. The summed E-state index contributed by atoms with van der Waals surface area (Å²) >= 11 is 2.12. The molecule has 2 heterocycles. The third-order valence-corrected chi connectivity index (χ3v) is 4.69. The van der Waals surface area contributed by atoms with Gasteiger partial charge in [-0.05, 0) is 44.0 Å². The van der Waals surface area contributed by atoms with Crippen LogP contribution in [0.2, 0.25) is 0 Å². The largest absolute Gasteiger partial charge is 0.315 e. The van der Waals surface area contributed by atoms with Gasteiger partial charge in [0, 0.05) is 24.5 Å². The van der Waals surface area contributed by atoms with Crippen molar-refractivity contribution in [3.05, 3.63) is 18.0 Å². The summed E-state index contributed by atoms with van der Waals surface area (Å²) < 4.78 is 2.35. The molecule has 16 heavy (non-hydrogen) atoms. The van der Waals surface area contributed by atoms with Crippen molar-refractivity contribution in [1.29, 1.82) is 0 Å². The first-order valence-electron chi connectivity index (χ1n) is 6.00. The Kier molecular flexibility index (Phi) is 3.92. The van der Waals surface area contributed by atoms with Crippen LogP contribution in [-0.4, -0.2) is 33.4 Å². The molecule has 0 saturated carbocycles. The molecular weight excluding hydrogens is 218 g/mol. The summed E-state index contributed by atoms with van der Waals surface area (Å²) in [5.41, 5.74) is 1.32. The van der Waals surface area contributed by atoms with Crippen molar-refractivity contribution in [2.75, 3.05) is 18.8 Å². The Morgan fingerprint density at radius 2 is 2.50 bits per heavy atom. The zero-order valence-corrected chi connectivity index (χ0v) is 11.0. The molecule has 0 aromatic carbocycles. The molecule has 4 heteroatoms. The summed E-state index contributed by atoms with van der Waals surface area (Å²) in [6.07, 6.45) is 7.86. The highest BCUT2D eigenvalue weighted by Gasteiger charge is 2.28. The van der Waals surface area contributed by atoms with E-state index in [-0.39, 0.29) is 0 Å². The fraction of sp³-hybridized carbons (Fsp3) is 0.750. The number of aromatic nitrogens is 2. The summed E-state index contributed by atoms with van der Waals surface area (Å²) in [6, 6.07) is 0. The molecule has 0 amide bonds. The fourth-order valence-corrected chi connectivity index (χ4v) is 3.44. The molecule has 1 atom stereocenters. The third kappa shape index (κ3) is 3.25. The van der Waals surface area contributed by atoms with Crippen LogP contribution in [0.3, 0.4) is 0 Å². The van der Waals surface area contributed by atoms with E-state index in [1.165, 1.54) is 24.2 Å². The summed E-state index contributed by atoms with van der Waals surface area (Å²) in [5.74, 6) is 1.33. The molecule has 0 spiro atoms. The van der Waals surface area contributed by atoms with Crippen molar-refractivity contribution in [2.24, 2.45) is 7.05 Å². The van der Waals surface area contributed by atoms with E-state index in [1.54, 1.807) is 0 Å². The highest BCUT2D eigenvalue weighted by atomic mass is 32.2. The van der Waals surface area contributed by atoms with Crippen molar-refractivity contribution < 1.29 is 0 Å². The zero-order valence-electron chi connectivity index (χ0n) is 10.2. The predicted molar refractivity (Wildman–Crippen MR) is 69.9 cm³/mol. The Bertz CT molecular complexity index is 329. The Balaban J connectivity index is 1.65. The SMILES string of the molecule is Cn1cc(CCNCC2(C)CCCS2)cn1. The number of hydrogen-bond donors (Lipinski definition) is 1. The molecule has 1 aromatic rings. The van der Waals surface area contributed by atoms with E-state index in [9.17, 15) is 0 Å². The normalized spacial score (nSPS) is 25.1. The number of nitrogens with one attached hydrogen (secondary N) is 1. The third-order valence-electron chi connectivity index (χ3n) is 3.15. The van der Waals surface area contributed by atoms with Gasteiger partial charge in [-0.2, -0.15) is 16.9 Å². The second-order valence-electron chi connectivity index (χ2n) is 4.85. The van der Waals surface area contributed by atoms with Gasteiger partial charge in [0.2, 0.25) is 0 Å². The quantitative estimate of drug-likeness (QED) is 0.795. The summed E-state index contributed by atoms with van der Waals surface area (Å²) in [4.78, 5) is 0. The van der Waals surface area contributed by atoms with Crippen molar-refractivity contribution in [3.63, 3.8) is 0 Å². The van der Waals surface area contributed by atoms with E-state index >= 15 is 0 Å². The minimum Gasteiger partial charge on any atom is -0.315 e. The van der Waals surface area contributed by atoms with Crippen molar-refractivity contribution >= 4 is 11.8 Å².